The Morgan fingerprint density at radius 1 is 1.15 bits per heavy atom. The van der Waals surface area contributed by atoms with Crippen molar-refractivity contribution < 1.29 is 9.53 Å². The quantitative estimate of drug-likeness (QED) is 0.616. The molecule has 3 rings (SSSR count). The average Bonchev–Trinajstić information content (AvgIpc) is 2.69. The maximum absolute atomic E-state index is 12.1. The minimum Gasteiger partial charge on any atom is -0.465 e. The zero-order chi connectivity index (χ0) is 19.4. The van der Waals surface area contributed by atoms with Crippen LogP contribution in [0, 0.1) is 13.8 Å². The summed E-state index contributed by atoms with van der Waals surface area (Å²) in [5, 5.41) is 0. The number of hydrogen-bond acceptors (Lipinski definition) is 4. The Kier molecular flexibility index (Phi) is 5.46. The second-order valence-corrected chi connectivity index (χ2v) is 6.48. The molecule has 0 unspecified atom stereocenters. The highest BCUT2D eigenvalue weighted by atomic mass is 16.5. The number of methoxy groups -OCH3 is 1. The van der Waals surface area contributed by atoms with Gasteiger partial charge >= 0.3 is 5.97 Å². The van der Waals surface area contributed by atoms with Gasteiger partial charge in [0.25, 0.3) is 0 Å². The van der Waals surface area contributed by atoms with Crippen LogP contribution >= 0.6 is 0 Å². The van der Waals surface area contributed by atoms with Crippen molar-refractivity contribution in [3.8, 4) is 11.3 Å². The van der Waals surface area contributed by atoms with Gasteiger partial charge in [-0.3, -0.25) is 9.97 Å². The normalized spacial score (nSPS) is 10.5. The summed E-state index contributed by atoms with van der Waals surface area (Å²) in [7, 11) is 1.39. The van der Waals surface area contributed by atoms with E-state index in [0.717, 1.165) is 39.2 Å². The molecule has 0 spiro atoms. The van der Waals surface area contributed by atoms with Gasteiger partial charge in [0.05, 0.1) is 18.4 Å². The molecule has 1 aromatic carbocycles. The summed E-state index contributed by atoms with van der Waals surface area (Å²) >= 11 is 0. The Hall–Kier alpha value is -3.27. The molecular formula is C23H22N2O2. The van der Waals surface area contributed by atoms with E-state index in [9.17, 15) is 4.79 Å². The van der Waals surface area contributed by atoms with Crippen molar-refractivity contribution in [3.05, 3.63) is 88.9 Å². The van der Waals surface area contributed by atoms with Gasteiger partial charge in [-0.15, -0.1) is 0 Å². The van der Waals surface area contributed by atoms with Gasteiger partial charge < -0.3 is 4.74 Å². The number of benzene rings is 1. The fraction of sp³-hybridized carbons (Fsp3) is 0.174. The van der Waals surface area contributed by atoms with Gasteiger partial charge in [0.15, 0.2) is 0 Å². The van der Waals surface area contributed by atoms with Crippen LogP contribution in [0.2, 0.25) is 0 Å². The summed E-state index contributed by atoms with van der Waals surface area (Å²) in [5.41, 5.74) is 7.49. The largest absolute Gasteiger partial charge is 0.465 e. The molecule has 0 aliphatic carbocycles. The van der Waals surface area contributed by atoms with Crippen LogP contribution in [0.1, 0.15) is 38.3 Å². The fourth-order valence-corrected chi connectivity index (χ4v) is 3.05. The average molecular weight is 358 g/mol. The van der Waals surface area contributed by atoms with Crippen LogP contribution in [0.5, 0.6) is 0 Å². The number of carbonyl (C=O) groups excluding carboxylic acids is 1. The molecule has 4 nitrogen and oxygen atoms in total. The highest BCUT2D eigenvalue weighted by molar-refractivity contribution is 5.94. The fourth-order valence-electron chi connectivity index (χ4n) is 3.05. The molecule has 0 aliphatic rings. The Morgan fingerprint density at radius 3 is 2.59 bits per heavy atom. The number of pyridine rings is 2. The van der Waals surface area contributed by atoms with Gasteiger partial charge in [-0.05, 0) is 66.8 Å². The van der Waals surface area contributed by atoms with E-state index in [0.29, 0.717) is 12.0 Å². The summed E-state index contributed by atoms with van der Waals surface area (Å²) in [6, 6.07) is 11.9. The van der Waals surface area contributed by atoms with Crippen molar-refractivity contribution in [3.63, 3.8) is 0 Å². The molecular weight excluding hydrogens is 336 g/mol. The van der Waals surface area contributed by atoms with Crippen molar-refractivity contribution >= 4 is 12.0 Å². The zero-order valence-electron chi connectivity index (χ0n) is 15.8. The van der Waals surface area contributed by atoms with Crippen LogP contribution in [0.3, 0.4) is 0 Å². The molecule has 4 heteroatoms. The minimum absolute atomic E-state index is 0.354. The first-order valence-electron chi connectivity index (χ1n) is 8.74. The first-order chi connectivity index (χ1) is 13.0. The van der Waals surface area contributed by atoms with Gasteiger partial charge in [0, 0.05) is 23.7 Å². The van der Waals surface area contributed by atoms with Crippen molar-refractivity contribution in [2.75, 3.05) is 7.11 Å². The van der Waals surface area contributed by atoms with Crippen LogP contribution in [-0.2, 0) is 11.2 Å². The van der Waals surface area contributed by atoms with Crippen LogP contribution in [0.25, 0.3) is 17.3 Å². The SMILES string of the molecule is C=Cc1cc(C)c(Cc2ccc(-c3ccnc(C)c3)nc2)cc1C(=O)OC. The number of hydrogen-bond donors (Lipinski definition) is 0. The number of carbonyl (C=O) groups is 1. The van der Waals surface area contributed by atoms with E-state index in [1.807, 2.05) is 50.4 Å². The lowest BCUT2D eigenvalue weighted by Gasteiger charge is -2.12. The molecule has 0 amide bonds. The number of ether oxygens (including phenoxy) is 1. The lowest BCUT2D eigenvalue weighted by molar-refractivity contribution is 0.0600. The summed E-state index contributed by atoms with van der Waals surface area (Å²) in [4.78, 5) is 20.9. The third-order valence-electron chi connectivity index (χ3n) is 4.55. The summed E-state index contributed by atoms with van der Waals surface area (Å²) in [6.07, 6.45) is 6.04. The number of aryl methyl sites for hydroxylation is 2. The van der Waals surface area contributed by atoms with Crippen LogP contribution in [-0.4, -0.2) is 23.0 Å². The molecule has 2 aromatic heterocycles. The summed E-state index contributed by atoms with van der Waals surface area (Å²) in [5.74, 6) is -0.354. The third kappa shape index (κ3) is 4.11. The maximum atomic E-state index is 12.1. The van der Waals surface area contributed by atoms with Crippen molar-refractivity contribution in [1.82, 2.24) is 9.97 Å². The van der Waals surface area contributed by atoms with E-state index < -0.39 is 0 Å². The standard InChI is InChI=1S/C23H22N2O2/c1-5-18-10-15(2)20(13-21(18)23(26)27-4)12-17-6-7-22(25-14-17)19-8-9-24-16(3)11-19/h5-11,13-14H,1,12H2,2-4H3. The molecule has 0 saturated carbocycles. The molecule has 0 radical (unpaired) electrons. The van der Waals surface area contributed by atoms with E-state index >= 15 is 0 Å². The Bertz CT molecular complexity index is 992. The molecule has 3 aromatic rings. The Labute approximate surface area is 159 Å². The smallest absolute Gasteiger partial charge is 0.338 e. The molecule has 27 heavy (non-hydrogen) atoms. The monoisotopic (exact) mass is 358 g/mol. The summed E-state index contributed by atoms with van der Waals surface area (Å²) < 4.78 is 4.89. The van der Waals surface area contributed by atoms with Crippen molar-refractivity contribution in [2.45, 2.75) is 20.3 Å². The molecule has 0 bridgehead atoms. The van der Waals surface area contributed by atoms with E-state index in [1.165, 1.54) is 7.11 Å². The second kappa shape index (κ2) is 7.96. The lowest BCUT2D eigenvalue weighted by Crippen LogP contribution is -2.06. The van der Waals surface area contributed by atoms with E-state index in [2.05, 4.69) is 22.6 Å². The first-order valence-corrected chi connectivity index (χ1v) is 8.74. The predicted molar refractivity (Wildman–Crippen MR) is 108 cm³/mol. The van der Waals surface area contributed by atoms with E-state index in [1.54, 1.807) is 12.3 Å². The maximum Gasteiger partial charge on any atom is 0.338 e. The molecule has 0 saturated heterocycles. The molecule has 0 aliphatic heterocycles. The van der Waals surface area contributed by atoms with Crippen LogP contribution < -0.4 is 0 Å². The van der Waals surface area contributed by atoms with E-state index in [4.69, 9.17) is 4.74 Å². The predicted octanol–water partition coefficient (Wildman–Crippen LogP) is 4.78. The topological polar surface area (TPSA) is 52.1 Å². The molecule has 0 fully saturated rings. The number of esters is 1. The number of nitrogens with zero attached hydrogens (tertiary/aromatic N) is 2. The Morgan fingerprint density at radius 2 is 1.96 bits per heavy atom. The second-order valence-electron chi connectivity index (χ2n) is 6.48. The molecule has 2 heterocycles. The highest BCUT2D eigenvalue weighted by Gasteiger charge is 2.13. The van der Waals surface area contributed by atoms with Crippen LogP contribution in [0.4, 0.5) is 0 Å². The molecule has 0 atom stereocenters. The lowest BCUT2D eigenvalue weighted by atomic mass is 9.95. The number of rotatable bonds is 5. The minimum atomic E-state index is -0.354. The number of aromatic nitrogens is 2. The third-order valence-corrected chi connectivity index (χ3v) is 4.55. The van der Waals surface area contributed by atoms with Crippen molar-refractivity contribution in [1.29, 1.82) is 0 Å². The van der Waals surface area contributed by atoms with Gasteiger partial charge in [-0.1, -0.05) is 24.8 Å². The van der Waals surface area contributed by atoms with Gasteiger partial charge in [0.1, 0.15) is 0 Å². The Balaban J connectivity index is 1.89. The van der Waals surface area contributed by atoms with E-state index in [-0.39, 0.29) is 5.97 Å². The van der Waals surface area contributed by atoms with Crippen LogP contribution in [0.15, 0.2) is 55.4 Å². The van der Waals surface area contributed by atoms with Gasteiger partial charge in [-0.2, -0.15) is 0 Å². The van der Waals surface area contributed by atoms with Gasteiger partial charge in [-0.25, -0.2) is 4.79 Å². The zero-order valence-corrected chi connectivity index (χ0v) is 15.8. The molecule has 0 N–H and O–H groups in total. The summed E-state index contributed by atoms with van der Waals surface area (Å²) in [6.45, 7) is 7.78. The highest BCUT2D eigenvalue weighted by Crippen LogP contribution is 2.23. The van der Waals surface area contributed by atoms with Gasteiger partial charge in [0.2, 0.25) is 0 Å². The first kappa shape index (κ1) is 18.5. The van der Waals surface area contributed by atoms with Crippen molar-refractivity contribution in [2.24, 2.45) is 0 Å². The molecule has 136 valence electrons.